The minimum absolute atomic E-state index is 0.131. The summed E-state index contributed by atoms with van der Waals surface area (Å²) in [6.07, 6.45) is 1.66. The lowest BCUT2D eigenvalue weighted by molar-refractivity contribution is -0.135. The summed E-state index contributed by atoms with van der Waals surface area (Å²) < 4.78 is 5.18. The van der Waals surface area contributed by atoms with E-state index < -0.39 is 5.54 Å². The van der Waals surface area contributed by atoms with Crippen molar-refractivity contribution in [1.82, 2.24) is 15.0 Å². The van der Waals surface area contributed by atoms with Gasteiger partial charge in [-0.05, 0) is 41.7 Å². The number of piperazine rings is 1. The first-order chi connectivity index (χ1) is 14.0. The number of nitrogen functional groups attached to an aromatic ring is 1. The lowest BCUT2D eigenvalue weighted by Gasteiger charge is -2.36. The molecule has 2 heterocycles. The Labute approximate surface area is 169 Å². The molecule has 0 unspecified atom stereocenters. The number of carbonyl (C=O) groups excluding carboxylic acids is 1. The van der Waals surface area contributed by atoms with E-state index in [-0.39, 0.29) is 5.91 Å². The van der Waals surface area contributed by atoms with Gasteiger partial charge in [-0.1, -0.05) is 35.5 Å². The number of hydrogen-bond acceptors (Lipinski definition) is 6. The first kappa shape index (κ1) is 18.1. The predicted octanol–water partition coefficient (Wildman–Crippen LogP) is 2.21. The number of rotatable bonds is 4. The zero-order valence-electron chi connectivity index (χ0n) is 16.3. The van der Waals surface area contributed by atoms with E-state index in [1.165, 1.54) is 5.56 Å². The largest absolute Gasteiger partial charge is 0.380 e. The average Bonchev–Trinajstić information content (AvgIpc) is 3.40. The predicted molar refractivity (Wildman–Crippen MR) is 112 cm³/mol. The van der Waals surface area contributed by atoms with Crippen LogP contribution in [0.5, 0.6) is 0 Å². The molecule has 4 N–H and O–H groups in total. The van der Waals surface area contributed by atoms with Crippen LogP contribution >= 0.6 is 0 Å². The van der Waals surface area contributed by atoms with Crippen LogP contribution in [0.4, 0.5) is 5.82 Å². The molecule has 0 radical (unpaired) electrons. The molecule has 1 amide bonds. The average molecular weight is 391 g/mol. The van der Waals surface area contributed by atoms with Crippen LogP contribution in [0.2, 0.25) is 0 Å². The van der Waals surface area contributed by atoms with Crippen molar-refractivity contribution in [3.05, 3.63) is 48.0 Å². The first-order valence-electron chi connectivity index (χ1n) is 10.1. The van der Waals surface area contributed by atoms with Gasteiger partial charge in [-0.3, -0.25) is 9.69 Å². The smallest absolute Gasteiger partial charge is 0.242 e. The number of aromatic nitrogens is 1. The minimum Gasteiger partial charge on any atom is -0.380 e. The third kappa shape index (κ3) is 3.47. The summed E-state index contributed by atoms with van der Waals surface area (Å²) >= 11 is 0. The van der Waals surface area contributed by atoms with Crippen LogP contribution in [0.1, 0.15) is 18.4 Å². The minimum atomic E-state index is -0.557. The number of anilines is 1. The molecule has 2 aromatic carbocycles. The summed E-state index contributed by atoms with van der Waals surface area (Å²) in [6.45, 7) is 4.17. The maximum atomic E-state index is 12.4. The van der Waals surface area contributed by atoms with Crippen LogP contribution in [-0.4, -0.2) is 52.6 Å². The number of fused-ring (bicyclic) bond motifs is 1. The number of nitrogens with two attached hydrogens (primary N) is 2. The van der Waals surface area contributed by atoms with Gasteiger partial charge in [0.2, 0.25) is 5.91 Å². The van der Waals surface area contributed by atoms with E-state index in [1.54, 1.807) is 0 Å². The lowest BCUT2D eigenvalue weighted by Crippen LogP contribution is -2.53. The molecule has 1 saturated heterocycles. The Bertz CT molecular complexity index is 1050. The molecule has 1 aliphatic heterocycles. The fraction of sp³-hybridized carbons (Fsp3) is 0.364. The fourth-order valence-corrected chi connectivity index (χ4v) is 3.97. The molecule has 0 atom stereocenters. The van der Waals surface area contributed by atoms with Crippen molar-refractivity contribution in [2.75, 3.05) is 31.9 Å². The normalized spacial score (nSPS) is 18.9. The van der Waals surface area contributed by atoms with E-state index in [0.717, 1.165) is 62.1 Å². The van der Waals surface area contributed by atoms with Crippen LogP contribution in [0, 0.1) is 0 Å². The van der Waals surface area contributed by atoms with Crippen LogP contribution in [0.15, 0.2) is 47.0 Å². The molecule has 1 aliphatic carbocycles. The molecule has 3 aromatic rings. The lowest BCUT2D eigenvalue weighted by atomic mass is 10.0. The molecule has 7 nitrogen and oxygen atoms in total. The molecule has 29 heavy (non-hydrogen) atoms. The third-order valence-corrected chi connectivity index (χ3v) is 6.07. The number of carbonyl (C=O) groups is 1. The van der Waals surface area contributed by atoms with Gasteiger partial charge in [-0.15, -0.1) is 0 Å². The monoisotopic (exact) mass is 391 g/mol. The SMILES string of the molecule is Nc1noc2ccc(-c3ccc(CN4CCN(C(=O)C5(N)CC5)CC4)cc3)cc12. The zero-order chi connectivity index (χ0) is 20.0. The molecular weight excluding hydrogens is 366 g/mol. The van der Waals surface area contributed by atoms with Gasteiger partial charge in [0.1, 0.15) is 0 Å². The van der Waals surface area contributed by atoms with Gasteiger partial charge in [0, 0.05) is 32.7 Å². The molecular formula is C22H25N5O2. The van der Waals surface area contributed by atoms with E-state index in [4.69, 9.17) is 16.0 Å². The number of amides is 1. The standard InChI is InChI=1S/C22H25N5O2/c23-20-18-13-17(5-6-19(18)29-25-20)16-3-1-15(2-4-16)14-26-9-11-27(12-10-26)21(28)22(24)7-8-22/h1-6,13H,7-12,14,24H2,(H2,23,25). The Kier molecular flexibility index (Phi) is 4.29. The summed E-state index contributed by atoms with van der Waals surface area (Å²) in [5, 5.41) is 4.65. The van der Waals surface area contributed by atoms with Crippen LogP contribution in [0.3, 0.4) is 0 Å². The van der Waals surface area contributed by atoms with Crippen molar-refractivity contribution < 1.29 is 9.32 Å². The highest BCUT2D eigenvalue weighted by atomic mass is 16.5. The van der Waals surface area contributed by atoms with Crippen molar-refractivity contribution in [3.8, 4) is 11.1 Å². The van der Waals surface area contributed by atoms with Gasteiger partial charge in [-0.2, -0.15) is 0 Å². The molecule has 1 aromatic heterocycles. The highest BCUT2D eigenvalue weighted by molar-refractivity contribution is 5.91. The summed E-state index contributed by atoms with van der Waals surface area (Å²) in [5.74, 6) is 0.547. The molecule has 2 fully saturated rings. The van der Waals surface area contributed by atoms with E-state index in [0.29, 0.717) is 11.4 Å². The van der Waals surface area contributed by atoms with Crippen molar-refractivity contribution in [2.24, 2.45) is 5.73 Å². The second-order valence-electron chi connectivity index (χ2n) is 8.20. The maximum Gasteiger partial charge on any atom is 0.242 e. The highest BCUT2D eigenvalue weighted by Crippen LogP contribution is 2.34. The number of nitrogens with zero attached hydrogens (tertiary/aromatic N) is 3. The van der Waals surface area contributed by atoms with Crippen LogP contribution < -0.4 is 11.5 Å². The molecule has 0 spiro atoms. The van der Waals surface area contributed by atoms with Gasteiger partial charge < -0.3 is 20.9 Å². The van der Waals surface area contributed by atoms with Crippen molar-refractivity contribution in [2.45, 2.75) is 24.9 Å². The third-order valence-electron chi connectivity index (χ3n) is 6.07. The van der Waals surface area contributed by atoms with Crippen molar-refractivity contribution >= 4 is 22.7 Å². The van der Waals surface area contributed by atoms with E-state index in [9.17, 15) is 4.79 Å². The second-order valence-corrected chi connectivity index (χ2v) is 8.20. The van der Waals surface area contributed by atoms with Crippen LogP contribution in [0.25, 0.3) is 22.1 Å². The topological polar surface area (TPSA) is 102 Å². The molecule has 1 saturated carbocycles. The number of benzene rings is 2. The first-order valence-corrected chi connectivity index (χ1v) is 10.1. The fourth-order valence-electron chi connectivity index (χ4n) is 3.97. The van der Waals surface area contributed by atoms with Gasteiger partial charge in [0.25, 0.3) is 0 Å². The van der Waals surface area contributed by atoms with Crippen LogP contribution in [-0.2, 0) is 11.3 Å². The van der Waals surface area contributed by atoms with Gasteiger partial charge in [0.05, 0.1) is 10.9 Å². The van der Waals surface area contributed by atoms with Crippen molar-refractivity contribution in [3.63, 3.8) is 0 Å². The summed E-state index contributed by atoms with van der Waals surface area (Å²) in [4.78, 5) is 16.7. The Morgan fingerprint density at radius 3 is 2.41 bits per heavy atom. The Morgan fingerprint density at radius 2 is 1.72 bits per heavy atom. The molecule has 2 aliphatic rings. The zero-order valence-corrected chi connectivity index (χ0v) is 16.3. The molecule has 7 heteroatoms. The summed E-state index contributed by atoms with van der Waals surface area (Å²) in [6, 6.07) is 14.5. The quantitative estimate of drug-likeness (QED) is 0.707. The summed E-state index contributed by atoms with van der Waals surface area (Å²) in [5.41, 5.74) is 15.5. The number of hydrogen-bond donors (Lipinski definition) is 2. The molecule has 150 valence electrons. The Hall–Kier alpha value is -2.90. The molecule has 0 bridgehead atoms. The van der Waals surface area contributed by atoms with E-state index >= 15 is 0 Å². The van der Waals surface area contributed by atoms with E-state index in [2.05, 4.69) is 34.3 Å². The Balaban J connectivity index is 1.22. The van der Waals surface area contributed by atoms with Gasteiger partial charge in [0.15, 0.2) is 11.4 Å². The van der Waals surface area contributed by atoms with Gasteiger partial charge >= 0.3 is 0 Å². The van der Waals surface area contributed by atoms with E-state index in [1.807, 2.05) is 23.1 Å². The molecule has 5 rings (SSSR count). The van der Waals surface area contributed by atoms with Crippen molar-refractivity contribution in [1.29, 1.82) is 0 Å². The second kappa shape index (κ2) is 6.86. The Morgan fingerprint density at radius 1 is 1.03 bits per heavy atom. The highest BCUT2D eigenvalue weighted by Gasteiger charge is 2.48. The summed E-state index contributed by atoms with van der Waals surface area (Å²) in [7, 11) is 0. The van der Waals surface area contributed by atoms with Gasteiger partial charge in [-0.25, -0.2) is 0 Å². The maximum absolute atomic E-state index is 12.4.